The van der Waals surface area contributed by atoms with Gasteiger partial charge in [-0.25, -0.2) is 4.79 Å². The highest BCUT2D eigenvalue weighted by Crippen LogP contribution is 2.39. The topological polar surface area (TPSA) is 60.1 Å². The van der Waals surface area contributed by atoms with Crippen molar-refractivity contribution in [2.75, 3.05) is 0 Å². The molecule has 1 saturated carbocycles. The van der Waals surface area contributed by atoms with Gasteiger partial charge in [0.05, 0.1) is 6.20 Å². The predicted molar refractivity (Wildman–Crippen MR) is 53.9 cm³/mol. The van der Waals surface area contributed by atoms with Crippen molar-refractivity contribution in [2.45, 2.75) is 37.6 Å². The highest BCUT2D eigenvalue weighted by Gasteiger charge is 2.36. The molecule has 1 aliphatic rings. The van der Waals surface area contributed by atoms with Crippen LogP contribution in [0.3, 0.4) is 0 Å². The number of aromatic nitrogens is 3. The Morgan fingerprint density at radius 2 is 2.20 bits per heavy atom. The molecule has 0 aliphatic heterocycles. The van der Waals surface area contributed by atoms with Crippen molar-refractivity contribution in [3.05, 3.63) is 11.9 Å². The summed E-state index contributed by atoms with van der Waals surface area (Å²) in [4.78, 5) is 14.5. The zero-order chi connectivity index (χ0) is 10.7. The van der Waals surface area contributed by atoms with Gasteiger partial charge in [0.1, 0.15) is 11.2 Å². The monoisotopic (exact) mass is 206 g/mol. The van der Waals surface area contributed by atoms with Crippen LogP contribution < -0.4 is 0 Å². The maximum absolute atomic E-state index is 10.5. The van der Waals surface area contributed by atoms with Crippen LogP contribution in [0.15, 0.2) is 11.2 Å². The summed E-state index contributed by atoms with van der Waals surface area (Å²) in [7, 11) is 1.82. The van der Waals surface area contributed by atoms with Crippen molar-refractivity contribution in [1.29, 1.82) is 0 Å². The first-order valence-electron chi connectivity index (χ1n) is 5.23. The SMILES string of the molecule is Cn1cc(C2(N=C=O)CCCCC2)nn1. The Morgan fingerprint density at radius 3 is 2.73 bits per heavy atom. The van der Waals surface area contributed by atoms with Gasteiger partial charge in [0, 0.05) is 7.05 Å². The molecule has 0 atom stereocenters. The summed E-state index contributed by atoms with van der Waals surface area (Å²) in [6, 6.07) is 0. The van der Waals surface area contributed by atoms with Crippen LogP contribution in [0.2, 0.25) is 0 Å². The summed E-state index contributed by atoms with van der Waals surface area (Å²) >= 11 is 0. The van der Waals surface area contributed by atoms with Crippen molar-refractivity contribution in [2.24, 2.45) is 12.0 Å². The third-order valence-electron chi connectivity index (χ3n) is 3.02. The van der Waals surface area contributed by atoms with E-state index in [1.165, 1.54) is 6.42 Å². The standard InChI is InChI=1S/C10H14N4O/c1-14-7-9(12-13-14)10(11-8-15)5-3-2-4-6-10/h7H,2-6H2,1H3. The van der Waals surface area contributed by atoms with E-state index >= 15 is 0 Å². The van der Waals surface area contributed by atoms with Crippen LogP contribution in [0.25, 0.3) is 0 Å². The fraction of sp³-hybridized carbons (Fsp3) is 0.700. The Labute approximate surface area is 88.2 Å². The summed E-state index contributed by atoms with van der Waals surface area (Å²) in [5.41, 5.74) is 0.349. The maximum Gasteiger partial charge on any atom is 0.235 e. The lowest BCUT2D eigenvalue weighted by molar-refractivity contribution is 0.296. The van der Waals surface area contributed by atoms with Crippen molar-refractivity contribution in [3.63, 3.8) is 0 Å². The molecule has 5 heteroatoms. The molecule has 0 unspecified atom stereocenters. The van der Waals surface area contributed by atoms with E-state index in [0.717, 1.165) is 31.4 Å². The molecule has 1 fully saturated rings. The number of rotatable bonds is 2. The van der Waals surface area contributed by atoms with Gasteiger partial charge in [-0.05, 0) is 12.8 Å². The van der Waals surface area contributed by atoms with Gasteiger partial charge in [0.15, 0.2) is 0 Å². The molecule has 0 N–H and O–H groups in total. The van der Waals surface area contributed by atoms with E-state index in [0.29, 0.717) is 0 Å². The van der Waals surface area contributed by atoms with Crippen molar-refractivity contribution < 1.29 is 4.79 Å². The van der Waals surface area contributed by atoms with Crippen LogP contribution in [-0.2, 0) is 17.4 Å². The first-order valence-corrected chi connectivity index (χ1v) is 5.23. The smallest absolute Gasteiger partial charge is 0.235 e. The van der Waals surface area contributed by atoms with E-state index < -0.39 is 5.54 Å². The normalized spacial score (nSPS) is 19.5. The van der Waals surface area contributed by atoms with Gasteiger partial charge in [-0.15, -0.1) is 5.10 Å². The Hall–Kier alpha value is -1.48. The summed E-state index contributed by atoms with van der Waals surface area (Å²) in [6.07, 6.45) is 8.65. The molecule has 1 aromatic heterocycles. The minimum absolute atomic E-state index is 0.450. The van der Waals surface area contributed by atoms with Crippen molar-refractivity contribution >= 4 is 6.08 Å². The largest absolute Gasteiger partial charge is 0.255 e. The minimum atomic E-state index is -0.450. The lowest BCUT2D eigenvalue weighted by Crippen LogP contribution is -2.27. The number of carbonyl (C=O) groups excluding carboxylic acids is 1. The highest BCUT2D eigenvalue weighted by molar-refractivity contribution is 5.36. The first-order chi connectivity index (χ1) is 7.27. The molecule has 0 radical (unpaired) electrons. The van der Waals surface area contributed by atoms with Crippen LogP contribution in [0.5, 0.6) is 0 Å². The zero-order valence-electron chi connectivity index (χ0n) is 8.81. The van der Waals surface area contributed by atoms with E-state index in [1.54, 1.807) is 10.8 Å². The van der Waals surface area contributed by atoms with Crippen LogP contribution in [-0.4, -0.2) is 21.1 Å². The Kier molecular flexibility index (Phi) is 2.64. The minimum Gasteiger partial charge on any atom is -0.255 e. The summed E-state index contributed by atoms with van der Waals surface area (Å²) < 4.78 is 1.64. The van der Waals surface area contributed by atoms with E-state index in [-0.39, 0.29) is 0 Å². The molecule has 0 spiro atoms. The van der Waals surface area contributed by atoms with Crippen LogP contribution in [0.1, 0.15) is 37.8 Å². The molecule has 0 saturated heterocycles. The fourth-order valence-corrected chi connectivity index (χ4v) is 2.21. The lowest BCUT2D eigenvalue weighted by atomic mass is 9.80. The molecule has 15 heavy (non-hydrogen) atoms. The molecule has 2 rings (SSSR count). The molecular formula is C10H14N4O. The van der Waals surface area contributed by atoms with Crippen molar-refractivity contribution in [3.8, 4) is 0 Å². The van der Waals surface area contributed by atoms with Gasteiger partial charge in [0.2, 0.25) is 6.08 Å². The van der Waals surface area contributed by atoms with Gasteiger partial charge >= 0.3 is 0 Å². The number of aryl methyl sites for hydroxylation is 1. The number of nitrogens with zero attached hydrogens (tertiary/aromatic N) is 4. The Bertz CT molecular complexity index is 386. The summed E-state index contributed by atoms with van der Waals surface area (Å²) in [6.45, 7) is 0. The Morgan fingerprint density at radius 1 is 1.47 bits per heavy atom. The van der Waals surface area contributed by atoms with Gasteiger partial charge in [0.25, 0.3) is 0 Å². The summed E-state index contributed by atoms with van der Waals surface area (Å²) in [5.74, 6) is 0. The molecule has 80 valence electrons. The van der Waals surface area contributed by atoms with Crippen LogP contribution in [0.4, 0.5) is 0 Å². The van der Waals surface area contributed by atoms with Crippen LogP contribution >= 0.6 is 0 Å². The van der Waals surface area contributed by atoms with E-state index in [1.807, 2.05) is 13.2 Å². The molecule has 1 heterocycles. The zero-order valence-corrected chi connectivity index (χ0v) is 8.81. The number of hydrogen-bond donors (Lipinski definition) is 0. The van der Waals surface area contributed by atoms with Gasteiger partial charge in [-0.3, -0.25) is 4.68 Å². The van der Waals surface area contributed by atoms with E-state index in [9.17, 15) is 4.79 Å². The molecule has 1 aliphatic carbocycles. The Balaban J connectivity index is 2.37. The molecule has 0 aromatic carbocycles. The first kappa shape index (κ1) is 10.1. The van der Waals surface area contributed by atoms with Crippen molar-refractivity contribution in [1.82, 2.24) is 15.0 Å². The second-order valence-electron chi connectivity index (χ2n) is 4.07. The van der Waals surface area contributed by atoms with Gasteiger partial charge < -0.3 is 0 Å². The average Bonchev–Trinajstić information content (AvgIpc) is 2.67. The molecular weight excluding hydrogens is 192 g/mol. The molecule has 0 bridgehead atoms. The second-order valence-corrected chi connectivity index (χ2v) is 4.07. The lowest BCUT2D eigenvalue weighted by Gasteiger charge is -2.29. The number of hydrogen-bond acceptors (Lipinski definition) is 4. The van der Waals surface area contributed by atoms with E-state index in [4.69, 9.17) is 0 Å². The highest BCUT2D eigenvalue weighted by atomic mass is 16.1. The molecule has 5 nitrogen and oxygen atoms in total. The maximum atomic E-state index is 10.5. The van der Waals surface area contributed by atoms with Gasteiger partial charge in [-0.2, -0.15) is 4.99 Å². The third kappa shape index (κ3) is 1.83. The predicted octanol–water partition coefficient (Wildman–Crippen LogP) is 1.31. The van der Waals surface area contributed by atoms with Gasteiger partial charge in [-0.1, -0.05) is 24.5 Å². The quantitative estimate of drug-likeness (QED) is 0.541. The number of isocyanates is 1. The molecule has 0 amide bonds. The number of aliphatic imine (C=N–C) groups is 1. The van der Waals surface area contributed by atoms with E-state index in [2.05, 4.69) is 15.3 Å². The fourth-order valence-electron chi connectivity index (χ4n) is 2.21. The third-order valence-corrected chi connectivity index (χ3v) is 3.02. The molecule has 1 aromatic rings. The average molecular weight is 206 g/mol. The second kappa shape index (κ2) is 3.95. The van der Waals surface area contributed by atoms with Crippen LogP contribution in [0, 0.1) is 0 Å². The summed E-state index contributed by atoms with van der Waals surface area (Å²) in [5, 5.41) is 7.97.